The highest BCUT2D eigenvalue weighted by Gasteiger charge is 2.21. The van der Waals surface area contributed by atoms with Gasteiger partial charge in [0.25, 0.3) is 0 Å². The SMILES string of the molecule is CC(C)(C)c1ccc(O)c(-c2cccc(-c3cccc(-c4cccc(-c5cccc(-c6cccc(-c7cccc(-c8cc(C(C)(C)C)ccc8O)n7)n6)c5O)c4O)n3)n2)c1. The fourth-order valence-electron chi connectivity index (χ4n) is 7.26. The Morgan fingerprint density at radius 2 is 0.567 bits per heavy atom. The van der Waals surface area contributed by atoms with E-state index in [0.717, 1.165) is 11.1 Å². The van der Waals surface area contributed by atoms with Gasteiger partial charge < -0.3 is 20.4 Å². The second-order valence-electron chi connectivity index (χ2n) is 17.0. The van der Waals surface area contributed by atoms with Gasteiger partial charge >= 0.3 is 0 Å². The van der Waals surface area contributed by atoms with E-state index in [-0.39, 0.29) is 33.8 Å². The van der Waals surface area contributed by atoms with E-state index in [0.29, 0.717) is 78.9 Å². The molecule has 4 N–H and O–H groups in total. The average molecular weight is 791 g/mol. The molecule has 8 nitrogen and oxygen atoms in total. The van der Waals surface area contributed by atoms with Crippen molar-refractivity contribution in [3.63, 3.8) is 0 Å². The van der Waals surface area contributed by atoms with Crippen LogP contribution in [0.25, 0.3) is 78.9 Å². The van der Waals surface area contributed by atoms with Gasteiger partial charge in [0, 0.05) is 33.4 Å². The van der Waals surface area contributed by atoms with Gasteiger partial charge in [0.2, 0.25) is 0 Å². The molecule has 0 amide bonds. The topological polar surface area (TPSA) is 132 Å². The lowest BCUT2D eigenvalue weighted by Gasteiger charge is -2.20. The summed E-state index contributed by atoms with van der Waals surface area (Å²) >= 11 is 0. The maximum absolute atomic E-state index is 11.8. The van der Waals surface area contributed by atoms with Crippen LogP contribution in [0, 0.1) is 0 Å². The number of nitrogens with zero attached hydrogens (tertiary/aromatic N) is 4. The molecule has 4 aromatic heterocycles. The van der Waals surface area contributed by atoms with Crippen molar-refractivity contribution < 1.29 is 20.4 Å². The largest absolute Gasteiger partial charge is 0.507 e. The Morgan fingerprint density at radius 3 is 0.883 bits per heavy atom. The van der Waals surface area contributed by atoms with E-state index in [1.807, 2.05) is 109 Å². The lowest BCUT2D eigenvalue weighted by Crippen LogP contribution is -2.10. The minimum atomic E-state index is -0.106. The normalized spacial score (nSPS) is 11.8. The van der Waals surface area contributed by atoms with Gasteiger partial charge in [-0.05, 0) is 107 Å². The zero-order valence-corrected chi connectivity index (χ0v) is 34.4. The van der Waals surface area contributed by atoms with Gasteiger partial charge in [0.05, 0.1) is 45.6 Å². The summed E-state index contributed by atoms with van der Waals surface area (Å²) in [6.07, 6.45) is 0. The van der Waals surface area contributed by atoms with Crippen LogP contribution in [0.2, 0.25) is 0 Å². The number of rotatable bonds is 7. The van der Waals surface area contributed by atoms with Crippen LogP contribution in [0.5, 0.6) is 23.0 Å². The second-order valence-corrected chi connectivity index (χ2v) is 17.0. The molecule has 298 valence electrons. The molecule has 8 rings (SSSR count). The van der Waals surface area contributed by atoms with Crippen LogP contribution in [0.4, 0.5) is 0 Å². The summed E-state index contributed by atoms with van der Waals surface area (Å²) in [5.41, 5.74) is 9.75. The molecule has 0 unspecified atom stereocenters. The highest BCUT2D eigenvalue weighted by Crippen LogP contribution is 2.45. The molecule has 60 heavy (non-hydrogen) atoms. The quantitative estimate of drug-likeness (QED) is 0.125. The number of hydrogen-bond donors (Lipinski definition) is 4. The Bertz CT molecular complexity index is 2710. The maximum Gasteiger partial charge on any atom is 0.132 e. The number of aromatic hydroxyl groups is 4. The lowest BCUT2D eigenvalue weighted by atomic mass is 9.85. The molecule has 0 saturated carbocycles. The third-order valence-corrected chi connectivity index (χ3v) is 10.7. The summed E-state index contributed by atoms with van der Waals surface area (Å²) in [4.78, 5) is 19.6. The first-order valence-electron chi connectivity index (χ1n) is 19.9. The van der Waals surface area contributed by atoms with Crippen molar-refractivity contribution in [1.29, 1.82) is 0 Å². The van der Waals surface area contributed by atoms with Gasteiger partial charge in [-0.2, -0.15) is 0 Å². The molecule has 0 aliphatic carbocycles. The van der Waals surface area contributed by atoms with E-state index >= 15 is 0 Å². The Morgan fingerprint density at radius 1 is 0.300 bits per heavy atom. The smallest absolute Gasteiger partial charge is 0.132 e. The molecule has 0 saturated heterocycles. The molecule has 0 fully saturated rings. The van der Waals surface area contributed by atoms with Crippen molar-refractivity contribution in [1.82, 2.24) is 19.9 Å². The Balaban J connectivity index is 1.11. The van der Waals surface area contributed by atoms with Crippen molar-refractivity contribution in [3.05, 3.63) is 157 Å². The molecule has 0 atom stereocenters. The van der Waals surface area contributed by atoms with E-state index in [1.165, 1.54) is 0 Å². The maximum atomic E-state index is 11.8. The van der Waals surface area contributed by atoms with Crippen LogP contribution < -0.4 is 0 Å². The minimum absolute atomic E-state index is 0.0401. The van der Waals surface area contributed by atoms with Crippen molar-refractivity contribution in [2.45, 2.75) is 52.4 Å². The summed E-state index contributed by atoms with van der Waals surface area (Å²) in [6, 6.07) is 44.3. The summed E-state index contributed by atoms with van der Waals surface area (Å²) in [5, 5.41) is 45.2. The van der Waals surface area contributed by atoms with Crippen LogP contribution in [0.1, 0.15) is 52.7 Å². The number of phenols is 4. The molecular formula is C52H46N4O4. The molecule has 8 aromatic rings. The lowest BCUT2D eigenvalue weighted by molar-refractivity contribution is 0.471. The van der Waals surface area contributed by atoms with Gasteiger partial charge in [-0.25, -0.2) is 19.9 Å². The van der Waals surface area contributed by atoms with E-state index in [9.17, 15) is 20.4 Å². The third-order valence-electron chi connectivity index (χ3n) is 10.7. The number of aromatic nitrogens is 4. The number of benzene rings is 4. The Kier molecular flexibility index (Phi) is 10.2. The molecule has 0 spiro atoms. The Hall–Kier alpha value is -7.32. The first-order valence-corrected chi connectivity index (χ1v) is 19.9. The molecule has 0 bridgehead atoms. The van der Waals surface area contributed by atoms with Gasteiger partial charge in [0.15, 0.2) is 0 Å². The number of phenolic OH excluding ortho intramolecular Hbond substituents is 4. The summed E-state index contributed by atoms with van der Waals surface area (Å²) in [6.45, 7) is 12.8. The first kappa shape index (κ1) is 39.5. The highest BCUT2D eigenvalue weighted by molar-refractivity contribution is 5.88. The van der Waals surface area contributed by atoms with E-state index in [2.05, 4.69) is 41.5 Å². The minimum Gasteiger partial charge on any atom is -0.507 e. The molecular weight excluding hydrogens is 745 g/mol. The van der Waals surface area contributed by atoms with Crippen molar-refractivity contribution >= 4 is 0 Å². The molecule has 8 heteroatoms. The van der Waals surface area contributed by atoms with Crippen molar-refractivity contribution in [2.24, 2.45) is 0 Å². The molecule has 0 aliphatic rings. The number of para-hydroxylation sites is 2. The standard InChI is InChI=1S/C52H46N4O4/c1-51(2,3)31-25-27-47(57)37(29-31)41-19-11-23-45(55-41)43-21-9-17-39(53-43)35-15-7-13-33(49(35)59)34-14-8-16-36(50(34)60)40-18-10-22-44(54-40)46-24-12-20-42(56-46)38-30-32(52(4,5)6)26-28-48(38)58/h7-30,57-60H,1-6H3. The van der Waals surface area contributed by atoms with Crippen molar-refractivity contribution in [2.75, 3.05) is 0 Å². The molecule has 0 aliphatic heterocycles. The van der Waals surface area contributed by atoms with Gasteiger partial charge in [-0.3, -0.25) is 0 Å². The van der Waals surface area contributed by atoms with E-state index < -0.39 is 0 Å². The monoisotopic (exact) mass is 790 g/mol. The first-order chi connectivity index (χ1) is 28.7. The van der Waals surface area contributed by atoms with Gasteiger partial charge in [-0.15, -0.1) is 0 Å². The zero-order valence-electron chi connectivity index (χ0n) is 34.4. The fourth-order valence-corrected chi connectivity index (χ4v) is 7.26. The number of hydrogen-bond acceptors (Lipinski definition) is 8. The van der Waals surface area contributed by atoms with Crippen LogP contribution >= 0.6 is 0 Å². The van der Waals surface area contributed by atoms with Crippen LogP contribution in [0.15, 0.2) is 146 Å². The van der Waals surface area contributed by atoms with Crippen molar-refractivity contribution in [3.8, 4) is 102 Å². The molecule has 4 heterocycles. The summed E-state index contributed by atoms with van der Waals surface area (Å²) < 4.78 is 0. The second kappa shape index (κ2) is 15.5. The van der Waals surface area contributed by atoms with E-state index in [1.54, 1.807) is 36.4 Å². The summed E-state index contributed by atoms with van der Waals surface area (Å²) in [7, 11) is 0. The van der Waals surface area contributed by atoms with Crippen LogP contribution in [-0.2, 0) is 10.8 Å². The van der Waals surface area contributed by atoms with Gasteiger partial charge in [-0.1, -0.05) is 102 Å². The molecule has 0 radical (unpaired) electrons. The predicted molar refractivity (Wildman–Crippen MR) is 240 cm³/mol. The fraction of sp³-hybridized carbons (Fsp3) is 0.154. The van der Waals surface area contributed by atoms with E-state index in [4.69, 9.17) is 19.9 Å². The van der Waals surface area contributed by atoms with Gasteiger partial charge in [0.1, 0.15) is 23.0 Å². The molecule has 4 aromatic carbocycles. The summed E-state index contributed by atoms with van der Waals surface area (Å²) in [5.74, 6) is 0.215. The third kappa shape index (κ3) is 7.79. The zero-order chi connectivity index (χ0) is 42.3. The highest BCUT2D eigenvalue weighted by atomic mass is 16.3. The Labute approximate surface area is 350 Å². The predicted octanol–water partition coefficient (Wildman–Crippen LogP) is 12.4. The van der Waals surface area contributed by atoms with Crippen LogP contribution in [0.3, 0.4) is 0 Å². The average Bonchev–Trinajstić information content (AvgIpc) is 3.24. The number of pyridine rings is 4. The van der Waals surface area contributed by atoms with Crippen LogP contribution in [-0.4, -0.2) is 40.4 Å².